The zero-order valence-electron chi connectivity index (χ0n) is 17.8. The van der Waals surface area contributed by atoms with E-state index in [-0.39, 0.29) is 11.9 Å². The van der Waals surface area contributed by atoms with Gasteiger partial charge < -0.3 is 26.0 Å². The van der Waals surface area contributed by atoms with Crippen LogP contribution in [0.3, 0.4) is 0 Å². The first-order valence-corrected chi connectivity index (χ1v) is 10.7. The van der Waals surface area contributed by atoms with Crippen molar-refractivity contribution in [3.8, 4) is 0 Å². The molecule has 0 amide bonds. The molecule has 0 radical (unpaired) electrons. The van der Waals surface area contributed by atoms with Crippen LogP contribution in [0.2, 0.25) is 0 Å². The molecule has 2 aliphatic rings. The maximum atomic E-state index is 13.5. The van der Waals surface area contributed by atoms with E-state index in [1.54, 1.807) is 18.3 Å². The van der Waals surface area contributed by atoms with Crippen LogP contribution >= 0.6 is 0 Å². The average Bonchev–Trinajstić information content (AvgIpc) is 3.12. The van der Waals surface area contributed by atoms with Gasteiger partial charge in [0.1, 0.15) is 12.4 Å². The number of rotatable bonds is 6. The second-order valence-corrected chi connectivity index (χ2v) is 8.03. The average molecular weight is 425 g/mol. The monoisotopic (exact) mass is 424 g/mol. The molecule has 0 saturated carbocycles. The van der Waals surface area contributed by atoms with Gasteiger partial charge in [0.15, 0.2) is 5.88 Å². The van der Waals surface area contributed by atoms with E-state index in [1.807, 2.05) is 17.9 Å². The van der Waals surface area contributed by atoms with Crippen molar-refractivity contribution >= 4 is 17.3 Å². The second kappa shape index (κ2) is 9.34. The predicted molar refractivity (Wildman–Crippen MR) is 120 cm³/mol. The Hall–Kier alpha value is -3.13. The molecule has 31 heavy (non-hydrogen) atoms. The summed E-state index contributed by atoms with van der Waals surface area (Å²) in [5, 5.41) is 6.75. The van der Waals surface area contributed by atoms with Crippen LogP contribution in [0.4, 0.5) is 10.3 Å². The highest BCUT2D eigenvalue weighted by atomic mass is 19.1. The van der Waals surface area contributed by atoms with Crippen LogP contribution in [0.15, 0.2) is 49.0 Å². The maximum absolute atomic E-state index is 13.5. The number of anilines is 1. The minimum absolute atomic E-state index is 0.0302. The molecular formula is C23H29FN6O. The van der Waals surface area contributed by atoms with Crippen LogP contribution in [0.25, 0.3) is 11.4 Å². The summed E-state index contributed by atoms with van der Waals surface area (Å²) >= 11 is 0. The smallest absolute Gasteiger partial charge is 0.223 e. The second-order valence-electron chi connectivity index (χ2n) is 8.03. The number of hydrogen-bond donors (Lipinski definition) is 3. The number of ether oxygens (including phenoxy) is 1. The van der Waals surface area contributed by atoms with Crippen molar-refractivity contribution in [3.05, 3.63) is 66.1 Å². The Bertz CT molecular complexity index is 955. The highest BCUT2D eigenvalue weighted by molar-refractivity contribution is 5.88. The van der Waals surface area contributed by atoms with Crippen molar-refractivity contribution in [3.63, 3.8) is 0 Å². The van der Waals surface area contributed by atoms with Crippen LogP contribution in [0.5, 0.6) is 0 Å². The van der Waals surface area contributed by atoms with Gasteiger partial charge in [-0.1, -0.05) is 0 Å². The molecule has 0 bridgehead atoms. The number of halogens is 1. The molecule has 1 aromatic carbocycles. The van der Waals surface area contributed by atoms with Gasteiger partial charge in [0.2, 0.25) is 5.95 Å². The van der Waals surface area contributed by atoms with Crippen molar-refractivity contribution in [1.82, 2.24) is 20.2 Å². The number of hydrogen-bond acceptors (Lipinski definition) is 7. The van der Waals surface area contributed by atoms with Crippen molar-refractivity contribution < 1.29 is 9.13 Å². The zero-order chi connectivity index (χ0) is 21.8. The van der Waals surface area contributed by atoms with E-state index in [0.29, 0.717) is 47.0 Å². The van der Waals surface area contributed by atoms with E-state index in [9.17, 15) is 4.39 Å². The Morgan fingerprint density at radius 1 is 1.29 bits per heavy atom. The van der Waals surface area contributed by atoms with Crippen LogP contribution < -0.4 is 16.4 Å². The lowest BCUT2D eigenvalue weighted by atomic mass is 9.98. The molecule has 1 atom stereocenters. The molecule has 4 N–H and O–H groups in total. The summed E-state index contributed by atoms with van der Waals surface area (Å²) in [7, 11) is 0. The first kappa shape index (κ1) is 21.1. The van der Waals surface area contributed by atoms with Gasteiger partial charge >= 0.3 is 0 Å². The number of nitrogens with one attached hydrogen (secondary N) is 2. The first-order chi connectivity index (χ1) is 15.0. The molecule has 2 aromatic rings. The fraction of sp³-hybridized carbons (Fsp3) is 0.391. The largest absolute Gasteiger partial charge is 0.477 e. The Kier molecular flexibility index (Phi) is 6.36. The third-order valence-corrected chi connectivity index (χ3v) is 5.76. The van der Waals surface area contributed by atoms with Crippen LogP contribution in [0.1, 0.15) is 31.0 Å². The highest BCUT2D eigenvalue weighted by Crippen LogP contribution is 2.34. The summed E-state index contributed by atoms with van der Waals surface area (Å²) in [5.74, 6) is 1.35. The molecular weight excluding hydrogens is 395 g/mol. The van der Waals surface area contributed by atoms with Gasteiger partial charge in [-0.05, 0) is 81.2 Å². The summed E-state index contributed by atoms with van der Waals surface area (Å²) in [6, 6.07) is 7.95. The van der Waals surface area contributed by atoms with Gasteiger partial charge in [0.25, 0.3) is 0 Å². The fourth-order valence-corrected chi connectivity index (χ4v) is 4.01. The zero-order valence-corrected chi connectivity index (χ0v) is 17.8. The lowest BCUT2D eigenvalue weighted by Crippen LogP contribution is -2.31. The Morgan fingerprint density at radius 2 is 2.03 bits per heavy atom. The third kappa shape index (κ3) is 4.80. The summed E-state index contributed by atoms with van der Waals surface area (Å²) < 4.78 is 19.1. The summed E-state index contributed by atoms with van der Waals surface area (Å²) in [5.41, 5.74) is 9.10. The van der Waals surface area contributed by atoms with Gasteiger partial charge in [0.05, 0.1) is 23.1 Å². The van der Waals surface area contributed by atoms with Gasteiger partial charge in [-0.15, -0.1) is 0 Å². The van der Waals surface area contributed by atoms with Crippen molar-refractivity contribution in [2.45, 2.75) is 25.8 Å². The summed E-state index contributed by atoms with van der Waals surface area (Å²) in [4.78, 5) is 11.1. The molecule has 1 aromatic heterocycles. The molecule has 2 aliphatic heterocycles. The topological polar surface area (TPSA) is 88.3 Å². The molecule has 4 rings (SSSR count). The van der Waals surface area contributed by atoms with Crippen LogP contribution in [-0.4, -0.2) is 47.2 Å². The molecule has 164 valence electrons. The number of aromatic nitrogens is 2. The minimum atomic E-state index is -0.313. The number of nitrogens with two attached hydrogens (primary N) is 1. The molecule has 8 heteroatoms. The van der Waals surface area contributed by atoms with Gasteiger partial charge in [-0.2, -0.15) is 0 Å². The standard InChI is InChI=1S/C23H29FN6O/c1-15-14-31-16(2)30(15)22(21(25)18-3-5-19(24)6-4-18)20-9-12-27-23(29-20)28-13-17-7-10-26-11-8-17/h3-6,9,12,15,17,26H,2,7-8,10-11,13-14,25H2,1H3,(H,27,28,29)/b22-21-. The van der Waals surface area contributed by atoms with E-state index in [0.717, 1.165) is 32.5 Å². The van der Waals surface area contributed by atoms with Crippen LogP contribution in [-0.2, 0) is 4.74 Å². The maximum Gasteiger partial charge on any atom is 0.223 e. The Balaban J connectivity index is 1.67. The van der Waals surface area contributed by atoms with Crippen molar-refractivity contribution in [1.29, 1.82) is 0 Å². The molecule has 2 fully saturated rings. The van der Waals surface area contributed by atoms with E-state index < -0.39 is 0 Å². The van der Waals surface area contributed by atoms with E-state index in [1.165, 1.54) is 12.1 Å². The Morgan fingerprint density at radius 3 is 2.71 bits per heavy atom. The first-order valence-electron chi connectivity index (χ1n) is 10.7. The SMILES string of the molecule is C=C1OCC(C)N1/C(=C(\N)c1ccc(F)cc1)c1ccnc(NCC2CCNCC2)n1. The molecule has 7 nitrogen and oxygen atoms in total. The van der Waals surface area contributed by atoms with E-state index in [2.05, 4.69) is 22.2 Å². The molecule has 0 spiro atoms. The van der Waals surface area contributed by atoms with Gasteiger partial charge in [0, 0.05) is 12.7 Å². The lowest BCUT2D eigenvalue weighted by molar-refractivity contribution is 0.251. The predicted octanol–water partition coefficient (Wildman–Crippen LogP) is 3.00. The molecule has 1 unspecified atom stereocenters. The quantitative estimate of drug-likeness (QED) is 0.657. The number of benzene rings is 1. The molecule has 2 saturated heterocycles. The van der Waals surface area contributed by atoms with E-state index in [4.69, 9.17) is 15.5 Å². The third-order valence-electron chi connectivity index (χ3n) is 5.76. The summed E-state index contributed by atoms with van der Waals surface area (Å²) in [6.07, 6.45) is 3.99. The van der Waals surface area contributed by atoms with Gasteiger partial charge in [-0.3, -0.25) is 0 Å². The lowest BCUT2D eigenvalue weighted by Gasteiger charge is -2.26. The van der Waals surface area contributed by atoms with Crippen LogP contribution in [0, 0.1) is 11.7 Å². The van der Waals surface area contributed by atoms with Crippen molar-refractivity contribution in [2.75, 3.05) is 31.6 Å². The number of piperidine rings is 1. The molecule has 0 aliphatic carbocycles. The highest BCUT2D eigenvalue weighted by Gasteiger charge is 2.31. The molecule has 3 heterocycles. The fourth-order valence-electron chi connectivity index (χ4n) is 4.01. The van der Waals surface area contributed by atoms with E-state index >= 15 is 0 Å². The van der Waals surface area contributed by atoms with Crippen molar-refractivity contribution in [2.24, 2.45) is 11.7 Å². The normalized spacial score (nSPS) is 20.4. The number of nitrogens with zero attached hydrogens (tertiary/aromatic N) is 3. The summed E-state index contributed by atoms with van der Waals surface area (Å²) in [6.45, 7) is 9.49. The van der Waals surface area contributed by atoms with Gasteiger partial charge in [-0.25, -0.2) is 14.4 Å². The Labute approximate surface area is 182 Å². The minimum Gasteiger partial charge on any atom is -0.477 e.